The van der Waals surface area contributed by atoms with E-state index >= 15 is 0 Å². The molecule has 4 nitrogen and oxygen atoms in total. The van der Waals surface area contributed by atoms with Gasteiger partial charge in [0.05, 0.1) is 11.0 Å². The third-order valence-corrected chi connectivity index (χ3v) is 4.00. The van der Waals surface area contributed by atoms with Crippen molar-refractivity contribution in [3.05, 3.63) is 24.3 Å². The van der Waals surface area contributed by atoms with Crippen LogP contribution in [0.5, 0.6) is 0 Å². The van der Waals surface area contributed by atoms with Gasteiger partial charge in [0.15, 0.2) is 0 Å². The molecule has 1 saturated heterocycles. The molecule has 2 heterocycles. The molecule has 1 aromatic carbocycles. The molecular weight excluding hydrogens is 236 g/mol. The van der Waals surface area contributed by atoms with E-state index in [2.05, 4.69) is 34.3 Å². The maximum atomic E-state index is 4.70. The second kappa shape index (κ2) is 5.61. The second-order valence-corrected chi connectivity index (χ2v) is 5.31. The van der Waals surface area contributed by atoms with Crippen LogP contribution >= 0.6 is 0 Å². The van der Waals surface area contributed by atoms with Gasteiger partial charge in [0, 0.05) is 13.1 Å². The molecule has 2 N–H and O–H groups in total. The lowest BCUT2D eigenvalue weighted by atomic mass is 9.98. The second-order valence-electron chi connectivity index (χ2n) is 5.31. The molecular formula is C15H22N4. The number of fused-ring (bicyclic) bond motifs is 1. The van der Waals surface area contributed by atoms with Gasteiger partial charge in [-0.15, -0.1) is 0 Å². The van der Waals surface area contributed by atoms with Crippen molar-refractivity contribution < 1.29 is 0 Å². The Hall–Kier alpha value is -1.55. The number of hydrogen-bond acceptors (Lipinski definition) is 3. The number of nitrogens with zero attached hydrogens (tertiary/aromatic N) is 2. The highest BCUT2D eigenvalue weighted by Crippen LogP contribution is 2.20. The van der Waals surface area contributed by atoms with Gasteiger partial charge in [-0.2, -0.15) is 0 Å². The van der Waals surface area contributed by atoms with E-state index in [0.29, 0.717) is 0 Å². The first-order valence-corrected chi connectivity index (χ1v) is 7.27. The number of piperidine rings is 1. The third kappa shape index (κ3) is 2.73. The van der Waals surface area contributed by atoms with Crippen molar-refractivity contribution >= 4 is 17.0 Å². The van der Waals surface area contributed by atoms with Gasteiger partial charge in [-0.3, -0.25) is 0 Å². The maximum Gasteiger partial charge on any atom is 0.203 e. The summed E-state index contributed by atoms with van der Waals surface area (Å²) in [6.07, 6.45) is 2.55. The molecule has 1 aliphatic rings. The highest BCUT2D eigenvalue weighted by Gasteiger charge is 2.18. The van der Waals surface area contributed by atoms with Crippen LogP contribution in [0.3, 0.4) is 0 Å². The largest absolute Gasteiger partial charge is 0.342 e. The number of para-hydroxylation sites is 2. The smallest absolute Gasteiger partial charge is 0.203 e. The van der Waals surface area contributed by atoms with Crippen LogP contribution in [-0.2, 0) is 0 Å². The van der Waals surface area contributed by atoms with Gasteiger partial charge in [0.1, 0.15) is 0 Å². The minimum atomic E-state index is 0.786. The molecule has 1 aromatic heterocycles. The standard InChI is InChI=1S/C15H22N4/c1-2-19(11-12-7-9-16-10-8-12)15-17-13-5-3-4-6-14(13)18-15/h3-6,12,16H,2,7-11H2,1H3,(H,17,18). The highest BCUT2D eigenvalue weighted by atomic mass is 15.3. The lowest BCUT2D eigenvalue weighted by molar-refractivity contribution is 0.373. The Labute approximate surface area is 114 Å². The van der Waals surface area contributed by atoms with Crippen LogP contribution in [-0.4, -0.2) is 36.1 Å². The molecule has 0 aliphatic carbocycles. The topological polar surface area (TPSA) is 44.0 Å². The highest BCUT2D eigenvalue weighted by molar-refractivity contribution is 5.77. The Morgan fingerprint density at radius 3 is 2.79 bits per heavy atom. The quantitative estimate of drug-likeness (QED) is 0.885. The zero-order valence-electron chi connectivity index (χ0n) is 11.5. The molecule has 0 spiro atoms. The van der Waals surface area contributed by atoms with Crippen LogP contribution in [0, 0.1) is 5.92 Å². The van der Waals surface area contributed by atoms with Gasteiger partial charge in [0.2, 0.25) is 5.95 Å². The van der Waals surface area contributed by atoms with Gasteiger partial charge in [-0.05, 0) is 50.9 Å². The van der Waals surface area contributed by atoms with Crippen LogP contribution in [0.15, 0.2) is 24.3 Å². The zero-order chi connectivity index (χ0) is 13.1. The fourth-order valence-corrected chi connectivity index (χ4v) is 2.83. The number of benzene rings is 1. The van der Waals surface area contributed by atoms with E-state index in [9.17, 15) is 0 Å². The number of aromatic amines is 1. The summed E-state index contributed by atoms with van der Waals surface area (Å²) in [6.45, 7) is 6.63. The first kappa shape index (κ1) is 12.5. The van der Waals surface area contributed by atoms with Gasteiger partial charge >= 0.3 is 0 Å². The van der Waals surface area contributed by atoms with Crippen LogP contribution in [0.4, 0.5) is 5.95 Å². The maximum absolute atomic E-state index is 4.70. The van der Waals surface area contributed by atoms with E-state index in [4.69, 9.17) is 4.98 Å². The Morgan fingerprint density at radius 2 is 2.05 bits per heavy atom. The molecule has 2 aromatic rings. The summed E-state index contributed by atoms with van der Waals surface area (Å²) in [7, 11) is 0. The molecule has 19 heavy (non-hydrogen) atoms. The molecule has 102 valence electrons. The van der Waals surface area contributed by atoms with Gasteiger partial charge in [0.25, 0.3) is 0 Å². The average Bonchev–Trinajstić information content (AvgIpc) is 2.89. The van der Waals surface area contributed by atoms with Crippen LogP contribution in [0.1, 0.15) is 19.8 Å². The van der Waals surface area contributed by atoms with Crippen molar-refractivity contribution in [3.8, 4) is 0 Å². The number of H-pyrrole nitrogens is 1. The molecule has 4 heteroatoms. The summed E-state index contributed by atoms with van der Waals surface area (Å²) >= 11 is 0. The Balaban J connectivity index is 1.76. The van der Waals surface area contributed by atoms with Crippen molar-refractivity contribution in [1.82, 2.24) is 15.3 Å². The SMILES string of the molecule is CCN(CC1CCNCC1)c1nc2ccccc2[nH]1. The lowest BCUT2D eigenvalue weighted by Gasteiger charge is -2.29. The first-order chi connectivity index (χ1) is 9.36. The van der Waals surface area contributed by atoms with Crippen molar-refractivity contribution in [2.75, 3.05) is 31.1 Å². The number of aromatic nitrogens is 2. The van der Waals surface area contributed by atoms with E-state index in [0.717, 1.165) is 49.1 Å². The predicted octanol–water partition coefficient (Wildman–Crippen LogP) is 2.39. The zero-order valence-corrected chi connectivity index (χ0v) is 11.5. The number of anilines is 1. The van der Waals surface area contributed by atoms with Gasteiger partial charge in [-0.25, -0.2) is 4.98 Å². The van der Waals surface area contributed by atoms with E-state index < -0.39 is 0 Å². The minimum absolute atomic E-state index is 0.786. The number of imidazole rings is 1. The summed E-state index contributed by atoms with van der Waals surface area (Å²) in [5.41, 5.74) is 2.18. The normalized spacial score (nSPS) is 16.9. The van der Waals surface area contributed by atoms with Crippen molar-refractivity contribution in [2.45, 2.75) is 19.8 Å². The molecule has 1 fully saturated rings. The van der Waals surface area contributed by atoms with E-state index in [1.807, 2.05) is 12.1 Å². The van der Waals surface area contributed by atoms with Crippen LogP contribution in [0.2, 0.25) is 0 Å². The van der Waals surface area contributed by atoms with Crippen molar-refractivity contribution in [2.24, 2.45) is 5.92 Å². The predicted molar refractivity (Wildman–Crippen MR) is 79.6 cm³/mol. The average molecular weight is 258 g/mol. The summed E-state index contributed by atoms with van der Waals surface area (Å²) in [4.78, 5) is 10.5. The third-order valence-electron chi connectivity index (χ3n) is 4.00. The summed E-state index contributed by atoms with van der Waals surface area (Å²) < 4.78 is 0. The monoisotopic (exact) mass is 258 g/mol. The summed E-state index contributed by atoms with van der Waals surface area (Å²) in [5, 5.41) is 3.43. The van der Waals surface area contributed by atoms with E-state index in [1.165, 1.54) is 12.8 Å². The minimum Gasteiger partial charge on any atom is -0.342 e. The van der Waals surface area contributed by atoms with E-state index in [-0.39, 0.29) is 0 Å². The lowest BCUT2D eigenvalue weighted by Crippen LogP contribution is -2.36. The van der Waals surface area contributed by atoms with Crippen molar-refractivity contribution in [3.63, 3.8) is 0 Å². The molecule has 0 saturated carbocycles. The first-order valence-electron chi connectivity index (χ1n) is 7.27. The Kier molecular flexibility index (Phi) is 3.69. The van der Waals surface area contributed by atoms with Gasteiger partial charge in [-0.1, -0.05) is 12.1 Å². The fraction of sp³-hybridized carbons (Fsp3) is 0.533. The van der Waals surface area contributed by atoms with Crippen LogP contribution < -0.4 is 10.2 Å². The molecule has 0 unspecified atom stereocenters. The summed E-state index contributed by atoms with van der Waals surface area (Å²) in [5.74, 6) is 1.80. The molecule has 0 radical (unpaired) electrons. The number of rotatable bonds is 4. The Bertz CT molecular complexity index is 495. The van der Waals surface area contributed by atoms with Crippen molar-refractivity contribution in [1.29, 1.82) is 0 Å². The van der Waals surface area contributed by atoms with Gasteiger partial charge < -0.3 is 15.2 Å². The number of nitrogens with one attached hydrogen (secondary N) is 2. The Morgan fingerprint density at radius 1 is 1.26 bits per heavy atom. The molecule has 3 rings (SSSR count). The summed E-state index contributed by atoms with van der Waals surface area (Å²) in [6, 6.07) is 8.24. The fourth-order valence-electron chi connectivity index (χ4n) is 2.83. The van der Waals surface area contributed by atoms with Crippen LogP contribution in [0.25, 0.3) is 11.0 Å². The number of hydrogen-bond donors (Lipinski definition) is 2. The molecule has 0 atom stereocenters. The molecule has 1 aliphatic heterocycles. The molecule has 0 amide bonds. The molecule has 0 bridgehead atoms. The van der Waals surface area contributed by atoms with E-state index in [1.54, 1.807) is 0 Å².